The van der Waals surface area contributed by atoms with Gasteiger partial charge in [-0.05, 0) is 30.9 Å². The van der Waals surface area contributed by atoms with E-state index in [-0.39, 0.29) is 0 Å². The highest BCUT2D eigenvalue weighted by atomic mass is 15.2. The van der Waals surface area contributed by atoms with E-state index in [1.165, 1.54) is 12.8 Å². The Morgan fingerprint density at radius 3 is 2.92 bits per heavy atom. The lowest BCUT2D eigenvalue weighted by Crippen LogP contribution is -2.21. The number of nitrogens with zero attached hydrogens (tertiary/aromatic N) is 2. The number of rotatable bonds is 3. The smallest absolute Gasteiger partial charge is 0.130 e. The zero-order valence-electron chi connectivity index (χ0n) is 7.90. The first-order valence-electron chi connectivity index (χ1n) is 4.69. The quantitative estimate of drug-likeness (QED) is 0.761. The van der Waals surface area contributed by atoms with E-state index in [4.69, 9.17) is 5.73 Å². The van der Waals surface area contributed by atoms with Crippen molar-refractivity contribution in [2.75, 3.05) is 24.2 Å². The summed E-state index contributed by atoms with van der Waals surface area (Å²) in [4.78, 5) is 6.43. The summed E-state index contributed by atoms with van der Waals surface area (Å²) in [7, 11) is 2.07. The minimum Gasteiger partial charge on any atom is -0.384 e. The fraction of sp³-hybridized carbons (Fsp3) is 0.500. The van der Waals surface area contributed by atoms with E-state index in [9.17, 15) is 0 Å². The van der Waals surface area contributed by atoms with Gasteiger partial charge in [-0.15, -0.1) is 0 Å². The molecule has 2 N–H and O–H groups in total. The van der Waals surface area contributed by atoms with Crippen molar-refractivity contribution in [2.45, 2.75) is 12.8 Å². The molecule has 1 aromatic rings. The van der Waals surface area contributed by atoms with Crippen molar-refractivity contribution in [1.29, 1.82) is 0 Å². The van der Waals surface area contributed by atoms with E-state index in [1.807, 2.05) is 18.2 Å². The van der Waals surface area contributed by atoms with Crippen LogP contribution in [0.1, 0.15) is 12.8 Å². The highest BCUT2D eigenvalue weighted by Crippen LogP contribution is 2.30. The first-order chi connectivity index (χ1) is 6.25. The molecule has 1 heterocycles. The van der Waals surface area contributed by atoms with Crippen LogP contribution in [0.25, 0.3) is 0 Å². The summed E-state index contributed by atoms with van der Waals surface area (Å²) >= 11 is 0. The molecule has 0 unspecified atom stereocenters. The first-order valence-corrected chi connectivity index (χ1v) is 4.69. The molecular formula is C10H15N3. The normalized spacial score (nSPS) is 15.8. The van der Waals surface area contributed by atoms with Gasteiger partial charge in [0.2, 0.25) is 0 Å². The van der Waals surface area contributed by atoms with Crippen LogP contribution in [0.2, 0.25) is 0 Å². The minimum absolute atomic E-state index is 0.597. The van der Waals surface area contributed by atoms with Crippen LogP contribution >= 0.6 is 0 Å². The molecule has 0 aromatic carbocycles. The Kier molecular flexibility index (Phi) is 2.08. The van der Waals surface area contributed by atoms with Gasteiger partial charge < -0.3 is 10.6 Å². The van der Waals surface area contributed by atoms with Crippen LogP contribution in [0.4, 0.5) is 11.6 Å². The molecule has 2 rings (SSSR count). The van der Waals surface area contributed by atoms with E-state index in [0.717, 1.165) is 18.3 Å². The Morgan fingerprint density at radius 2 is 2.31 bits per heavy atom. The van der Waals surface area contributed by atoms with Crippen molar-refractivity contribution < 1.29 is 0 Å². The molecule has 1 fully saturated rings. The van der Waals surface area contributed by atoms with E-state index < -0.39 is 0 Å². The minimum atomic E-state index is 0.597. The Balaban J connectivity index is 2.04. The Morgan fingerprint density at radius 1 is 1.54 bits per heavy atom. The Hall–Kier alpha value is -1.25. The summed E-state index contributed by atoms with van der Waals surface area (Å²) in [5.41, 5.74) is 5.61. The second kappa shape index (κ2) is 3.24. The van der Waals surface area contributed by atoms with E-state index in [0.29, 0.717) is 5.82 Å². The zero-order chi connectivity index (χ0) is 9.26. The van der Waals surface area contributed by atoms with Crippen LogP contribution in [0.3, 0.4) is 0 Å². The average Bonchev–Trinajstić information content (AvgIpc) is 2.88. The molecular weight excluding hydrogens is 162 g/mol. The van der Waals surface area contributed by atoms with Crippen LogP contribution in [0.15, 0.2) is 18.2 Å². The SMILES string of the molecule is CN(CC1CC1)c1cccc(N)n1. The van der Waals surface area contributed by atoms with Crippen LogP contribution < -0.4 is 10.6 Å². The predicted molar refractivity (Wildman–Crippen MR) is 54.6 cm³/mol. The van der Waals surface area contributed by atoms with Crippen molar-refractivity contribution in [3.63, 3.8) is 0 Å². The molecule has 0 spiro atoms. The molecule has 1 saturated carbocycles. The fourth-order valence-corrected chi connectivity index (χ4v) is 1.43. The highest BCUT2D eigenvalue weighted by Gasteiger charge is 2.23. The van der Waals surface area contributed by atoms with Gasteiger partial charge >= 0.3 is 0 Å². The molecule has 0 bridgehead atoms. The molecule has 70 valence electrons. The monoisotopic (exact) mass is 177 g/mol. The van der Waals surface area contributed by atoms with Gasteiger partial charge in [0.25, 0.3) is 0 Å². The van der Waals surface area contributed by atoms with Crippen molar-refractivity contribution >= 4 is 11.6 Å². The molecule has 0 saturated heterocycles. The predicted octanol–water partition coefficient (Wildman–Crippen LogP) is 1.51. The molecule has 1 aliphatic carbocycles. The van der Waals surface area contributed by atoms with Crippen molar-refractivity contribution in [3.05, 3.63) is 18.2 Å². The first kappa shape index (κ1) is 8.35. The van der Waals surface area contributed by atoms with Crippen LogP contribution in [0.5, 0.6) is 0 Å². The maximum Gasteiger partial charge on any atom is 0.130 e. The van der Waals surface area contributed by atoms with Gasteiger partial charge in [-0.3, -0.25) is 0 Å². The lowest BCUT2D eigenvalue weighted by Gasteiger charge is -2.17. The maximum absolute atomic E-state index is 5.61. The maximum atomic E-state index is 5.61. The number of pyridine rings is 1. The zero-order valence-corrected chi connectivity index (χ0v) is 7.90. The highest BCUT2D eigenvalue weighted by molar-refractivity contribution is 5.44. The summed E-state index contributed by atoms with van der Waals surface area (Å²) < 4.78 is 0. The topological polar surface area (TPSA) is 42.1 Å². The van der Waals surface area contributed by atoms with Crippen LogP contribution in [0, 0.1) is 5.92 Å². The van der Waals surface area contributed by atoms with E-state index in [2.05, 4.69) is 16.9 Å². The third-order valence-electron chi connectivity index (χ3n) is 2.38. The van der Waals surface area contributed by atoms with Crippen molar-refractivity contribution in [3.8, 4) is 0 Å². The van der Waals surface area contributed by atoms with Crippen LogP contribution in [-0.4, -0.2) is 18.6 Å². The summed E-state index contributed by atoms with van der Waals surface area (Å²) in [6.07, 6.45) is 2.74. The lowest BCUT2D eigenvalue weighted by molar-refractivity contribution is 0.778. The third-order valence-corrected chi connectivity index (χ3v) is 2.38. The summed E-state index contributed by atoms with van der Waals surface area (Å²) in [5.74, 6) is 2.46. The number of nitrogen functional groups attached to an aromatic ring is 1. The standard InChI is InChI=1S/C10H15N3/c1-13(7-8-5-6-8)10-4-2-3-9(11)12-10/h2-4,8H,5-7H2,1H3,(H2,11,12). The van der Waals surface area contributed by atoms with Gasteiger partial charge in [-0.25, -0.2) is 4.98 Å². The van der Waals surface area contributed by atoms with Gasteiger partial charge in [0.05, 0.1) is 0 Å². The average molecular weight is 177 g/mol. The molecule has 0 aliphatic heterocycles. The molecule has 0 atom stereocenters. The molecule has 0 amide bonds. The second-order valence-electron chi connectivity index (χ2n) is 3.74. The number of nitrogens with two attached hydrogens (primary N) is 1. The van der Waals surface area contributed by atoms with Gasteiger partial charge in [-0.1, -0.05) is 6.07 Å². The van der Waals surface area contributed by atoms with E-state index >= 15 is 0 Å². The molecule has 0 radical (unpaired) electrons. The van der Waals surface area contributed by atoms with Gasteiger partial charge in [0, 0.05) is 13.6 Å². The number of aromatic nitrogens is 1. The van der Waals surface area contributed by atoms with Crippen molar-refractivity contribution in [1.82, 2.24) is 4.98 Å². The van der Waals surface area contributed by atoms with Crippen molar-refractivity contribution in [2.24, 2.45) is 5.92 Å². The molecule has 3 heteroatoms. The number of anilines is 2. The third kappa shape index (κ3) is 2.11. The molecule has 1 aliphatic rings. The Bertz CT molecular complexity index is 294. The molecule has 1 aromatic heterocycles. The number of hydrogen-bond donors (Lipinski definition) is 1. The Labute approximate surface area is 78.6 Å². The summed E-state index contributed by atoms with van der Waals surface area (Å²) in [5, 5.41) is 0. The van der Waals surface area contributed by atoms with Gasteiger partial charge in [0.15, 0.2) is 0 Å². The second-order valence-corrected chi connectivity index (χ2v) is 3.74. The van der Waals surface area contributed by atoms with Crippen LogP contribution in [-0.2, 0) is 0 Å². The van der Waals surface area contributed by atoms with E-state index in [1.54, 1.807) is 0 Å². The van der Waals surface area contributed by atoms with Gasteiger partial charge in [-0.2, -0.15) is 0 Å². The molecule has 13 heavy (non-hydrogen) atoms. The number of hydrogen-bond acceptors (Lipinski definition) is 3. The summed E-state index contributed by atoms with van der Waals surface area (Å²) in [6, 6.07) is 5.76. The van der Waals surface area contributed by atoms with Gasteiger partial charge in [0.1, 0.15) is 11.6 Å². The summed E-state index contributed by atoms with van der Waals surface area (Å²) in [6.45, 7) is 1.11. The fourth-order valence-electron chi connectivity index (χ4n) is 1.43. The lowest BCUT2D eigenvalue weighted by atomic mass is 10.3. The molecule has 3 nitrogen and oxygen atoms in total. The largest absolute Gasteiger partial charge is 0.384 e.